The van der Waals surface area contributed by atoms with Gasteiger partial charge in [0, 0.05) is 13.3 Å². The molecule has 18 heavy (non-hydrogen) atoms. The van der Waals surface area contributed by atoms with Crippen molar-refractivity contribution < 1.29 is 14.3 Å². The summed E-state index contributed by atoms with van der Waals surface area (Å²) in [5, 5.41) is 2.20. The summed E-state index contributed by atoms with van der Waals surface area (Å²) in [5.74, 6) is -0.438. The molecule has 1 atom stereocenters. The maximum atomic E-state index is 10.9. The molecule has 3 nitrogen and oxygen atoms in total. The summed E-state index contributed by atoms with van der Waals surface area (Å²) >= 11 is 0. The second kappa shape index (κ2) is 5.45. The van der Waals surface area contributed by atoms with Crippen molar-refractivity contribution in [2.75, 3.05) is 0 Å². The third kappa shape index (κ3) is 2.74. The van der Waals surface area contributed by atoms with Gasteiger partial charge in [-0.25, -0.2) is 0 Å². The van der Waals surface area contributed by atoms with Crippen LogP contribution in [-0.4, -0.2) is 18.4 Å². The Hall–Kier alpha value is -2.16. The van der Waals surface area contributed by atoms with Gasteiger partial charge in [0.1, 0.15) is 0 Å². The number of ether oxygens (including phenoxy) is 1. The topological polar surface area (TPSA) is 43.4 Å². The Labute approximate surface area is 105 Å². The van der Waals surface area contributed by atoms with Crippen LogP contribution in [0.2, 0.25) is 0 Å². The number of fused-ring (bicyclic) bond motifs is 1. The molecule has 2 rings (SSSR count). The highest BCUT2D eigenvalue weighted by Crippen LogP contribution is 2.20. The molecule has 0 radical (unpaired) electrons. The first-order valence-electron chi connectivity index (χ1n) is 5.80. The first-order chi connectivity index (χ1) is 8.70. The van der Waals surface area contributed by atoms with Crippen molar-refractivity contribution in [3.63, 3.8) is 0 Å². The summed E-state index contributed by atoms with van der Waals surface area (Å²) in [5.41, 5.74) is 1.01. The van der Waals surface area contributed by atoms with E-state index in [1.165, 1.54) is 6.92 Å². The van der Waals surface area contributed by atoms with Crippen molar-refractivity contribution >= 4 is 23.0 Å². The zero-order valence-electron chi connectivity index (χ0n) is 10.1. The average molecular weight is 242 g/mol. The Kier molecular flexibility index (Phi) is 3.72. The van der Waals surface area contributed by atoms with Crippen LogP contribution in [0.4, 0.5) is 0 Å². The predicted octanol–water partition coefficient (Wildman–Crippen LogP) is 2.51. The smallest absolute Gasteiger partial charge is 0.303 e. The summed E-state index contributed by atoms with van der Waals surface area (Å²) < 4.78 is 4.95. The molecule has 0 aliphatic rings. The van der Waals surface area contributed by atoms with Gasteiger partial charge in [-0.2, -0.15) is 0 Å². The van der Waals surface area contributed by atoms with Gasteiger partial charge in [0.2, 0.25) is 0 Å². The van der Waals surface area contributed by atoms with E-state index >= 15 is 0 Å². The van der Waals surface area contributed by atoms with E-state index in [4.69, 9.17) is 4.74 Å². The minimum atomic E-state index is -0.715. The van der Waals surface area contributed by atoms with E-state index in [2.05, 4.69) is 0 Å². The van der Waals surface area contributed by atoms with E-state index in [-0.39, 0.29) is 0 Å². The van der Waals surface area contributed by atoms with Crippen molar-refractivity contribution in [1.29, 1.82) is 0 Å². The number of carbonyl (C=O) groups excluding carboxylic acids is 2. The second-order valence-electron chi connectivity index (χ2n) is 4.13. The van der Waals surface area contributed by atoms with Crippen molar-refractivity contribution in [1.82, 2.24) is 0 Å². The number of hydrogen-bond acceptors (Lipinski definition) is 3. The first-order valence-corrected chi connectivity index (χ1v) is 5.80. The van der Waals surface area contributed by atoms with Crippen LogP contribution in [0.25, 0.3) is 10.8 Å². The van der Waals surface area contributed by atoms with Crippen LogP contribution in [0.1, 0.15) is 12.5 Å². The number of aldehydes is 1. The summed E-state index contributed by atoms with van der Waals surface area (Å²) in [4.78, 5) is 21.8. The molecule has 0 amide bonds. The van der Waals surface area contributed by atoms with Gasteiger partial charge < -0.3 is 4.74 Å². The molecule has 92 valence electrons. The Morgan fingerprint density at radius 2 is 1.94 bits per heavy atom. The van der Waals surface area contributed by atoms with Crippen molar-refractivity contribution in [2.45, 2.75) is 19.4 Å². The molecule has 3 heteroatoms. The molecule has 0 aliphatic carbocycles. The van der Waals surface area contributed by atoms with Crippen molar-refractivity contribution in [3.8, 4) is 0 Å². The summed E-state index contributed by atoms with van der Waals surface area (Å²) in [6.07, 6.45) is 0.362. The monoisotopic (exact) mass is 242 g/mol. The normalized spacial score (nSPS) is 12.1. The SMILES string of the molecule is CC(=O)OC(C=O)Cc1cccc2ccccc12. The molecule has 0 bridgehead atoms. The molecule has 0 saturated carbocycles. The lowest BCUT2D eigenvalue weighted by Crippen LogP contribution is -2.20. The molecule has 0 saturated heterocycles. The summed E-state index contributed by atoms with van der Waals surface area (Å²) in [7, 11) is 0. The summed E-state index contributed by atoms with van der Waals surface area (Å²) in [6.45, 7) is 1.31. The minimum Gasteiger partial charge on any atom is -0.455 e. The molecule has 2 aromatic rings. The molecular weight excluding hydrogens is 228 g/mol. The van der Waals surface area contributed by atoms with Gasteiger partial charge >= 0.3 is 5.97 Å². The third-order valence-corrected chi connectivity index (χ3v) is 2.77. The maximum absolute atomic E-state index is 10.9. The zero-order chi connectivity index (χ0) is 13.0. The van der Waals surface area contributed by atoms with Crippen LogP contribution < -0.4 is 0 Å². The van der Waals surface area contributed by atoms with Crippen LogP contribution in [0.5, 0.6) is 0 Å². The number of benzene rings is 2. The fourth-order valence-electron chi connectivity index (χ4n) is 2.02. The van der Waals surface area contributed by atoms with Crippen LogP contribution >= 0.6 is 0 Å². The first kappa shape index (κ1) is 12.3. The Morgan fingerprint density at radius 3 is 2.67 bits per heavy atom. The Balaban J connectivity index is 2.30. The summed E-state index contributed by atoms with van der Waals surface area (Å²) in [6, 6.07) is 13.8. The van der Waals surface area contributed by atoms with Crippen molar-refractivity contribution in [2.24, 2.45) is 0 Å². The molecular formula is C15H14O3. The molecule has 0 N–H and O–H groups in total. The van der Waals surface area contributed by atoms with Crippen molar-refractivity contribution in [3.05, 3.63) is 48.0 Å². The van der Waals surface area contributed by atoms with E-state index in [1.54, 1.807) is 0 Å². The fourth-order valence-corrected chi connectivity index (χ4v) is 2.02. The fraction of sp³-hybridized carbons (Fsp3) is 0.200. The zero-order valence-corrected chi connectivity index (χ0v) is 10.1. The predicted molar refractivity (Wildman–Crippen MR) is 69.3 cm³/mol. The highest BCUT2D eigenvalue weighted by atomic mass is 16.5. The highest BCUT2D eigenvalue weighted by Gasteiger charge is 2.13. The van der Waals surface area contributed by atoms with Gasteiger partial charge in [0.25, 0.3) is 0 Å². The Morgan fingerprint density at radius 1 is 1.22 bits per heavy atom. The molecule has 2 aromatic carbocycles. The van der Waals surface area contributed by atoms with E-state index in [0.717, 1.165) is 16.3 Å². The minimum absolute atomic E-state index is 0.407. The van der Waals surface area contributed by atoms with E-state index in [9.17, 15) is 9.59 Å². The highest BCUT2D eigenvalue weighted by molar-refractivity contribution is 5.86. The molecule has 0 spiro atoms. The quantitative estimate of drug-likeness (QED) is 0.611. The standard InChI is InChI=1S/C15H14O3/c1-11(17)18-14(10-16)9-13-7-4-6-12-5-2-3-8-15(12)13/h2-8,10,14H,9H2,1H3. The van der Waals surface area contributed by atoms with Gasteiger partial charge in [-0.15, -0.1) is 0 Å². The van der Waals surface area contributed by atoms with E-state index in [1.807, 2.05) is 42.5 Å². The second-order valence-corrected chi connectivity index (χ2v) is 4.13. The van der Waals surface area contributed by atoms with Crippen LogP contribution in [0.15, 0.2) is 42.5 Å². The molecule has 0 heterocycles. The maximum Gasteiger partial charge on any atom is 0.303 e. The lowest BCUT2D eigenvalue weighted by atomic mass is 10.0. The number of hydrogen-bond donors (Lipinski definition) is 0. The van der Waals surface area contributed by atoms with E-state index in [0.29, 0.717) is 12.7 Å². The molecule has 0 aliphatic heterocycles. The number of carbonyl (C=O) groups is 2. The molecule has 0 fully saturated rings. The van der Waals surface area contributed by atoms with Gasteiger partial charge in [-0.3, -0.25) is 9.59 Å². The average Bonchev–Trinajstić information content (AvgIpc) is 2.38. The molecule has 1 unspecified atom stereocenters. The Bertz CT molecular complexity index is 569. The third-order valence-electron chi connectivity index (χ3n) is 2.77. The van der Waals surface area contributed by atoms with Gasteiger partial charge in [-0.1, -0.05) is 42.5 Å². The molecule has 0 aromatic heterocycles. The number of esters is 1. The van der Waals surface area contributed by atoms with Gasteiger partial charge in [-0.05, 0) is 16.3 Å². The van der Waals surface area contributed by atoms with Crippen LogP contribution in [0.3, 0.4) is 0 Å². The van der Waals surface area contributed by atoms with Gasteiger partial charge in [0.05, 0.1) is 0 Å². The van der Waals surface area contributed by atoms with Crippen LogP contribution in [-0.2, 0) is 20.7 Å². The van der Waals surface area contributed by atoms with Crippen LogP contribution in [0, 0.1) is 0 Å². The number of rotatable bonds is 4. The largest absolute Gasteiger partial charge is 0.455 e. The lowest BCUT2D eigenvalue weighted by molar-refractivity contribution is -0.149. The van der Waals surface area contributed by atoms with E-state index < -0.39 is 12.1 Å². The lowest BCUT2D eigenvalue weighted by Gasteiger charge is -2.12. The van der Waals surface area contributed by atoms with Gasteiger partial charge in [0.15, 0.2) is 12.4 Å².